The molecule has 1 N–H and O–H groups in total. The summed E-state index contributed by atoms with van der Waals surface area (Å²) >= 11 is 7.49. The normalized spacial score (nSPS) is 11.5. The molecular weight excluding hydrogens is 386 g/mol. The molecule has 27 heavy (non-hydrogen) atoms. The van der Waals surface area contributed by atoms with Gasteiger partial charge in [0.05, 0.1) is 16.6 Å². The molecule has 0 aliphatic rings. The highest BCUT2D eigenvalue weighted by Crippen LogP contribution is 2.23. The molecule has 2 aromatic rings. The van der Waals surface area contributed by atoms with E-state index in [9.17, 15) is 14.4 Å². The second kappa shape index (κ2) is 10.1. The fourth-order valence-corrected chi connectivity index (χ4v) is 3.01. The van der Waals surface area contributed by atoms with Gasteiger partial charge in [0.1, 0.15) is 0 Å². The van der Waals surface area contributed by atoms with Gasteiger partial charge in [0.2, 0.25) is 0 Å². The highest BCUT2D eigenvalue weighted by atomic mass is 35.5. The van der Waals surface area contributed by atoms with Gasteiger partial charge in [0.25, 0.3) is 5.91 Å². The van der Waals surface area contributed by atoms with Crippen molar-refractivity contribution in [2.45, 2.75) is 24.3 Å². The summed E-state index contributed by atoms with van der Waals surface area (Å²) in [6.45, 7) is 0.921. The summed E-state index contributed by atoms with van der Waals surface area (Å²) in [5.74, 6) is -1.40. The number of ether oxygens (including phenoxy) is 1. The van der Waals surface area contributed by atoms with E-state index < -0.39 is 24.5 Å². The first-order valence-electron chi connectivity index (χ1n) is 8.25. The van der Waals surface area contributed by atoms with Gasteiger partial charge in [-0.25, -0.2) is 4.79 Å². The van der Waals surface area contributed by atoms with Crippen LogP contribution < -0.4 is 5.32 Å². The van der Waals surface area contributed by atoms with Crippen LogP contribution in [0.3, 0.4) is 0 Å². The Hall–Kier alpha value is -2.31. The van der Waals surface area contributed by atoms with E-state index in [1.54, 1.807) is 18.2 Å². The minimum absolute atomic E-state index is 0.172. The summed E-state index contributed by atoms with van der Waals surface area (Å²) < 4.78 is 5.05. The number of carbonyl (C=O) groups excluding carboxylic acids is 3. The van der Waals surface area contributed by atoms with E-state index >= 15 is 0 Å². The first kappa shape index (κ1) is 21.0. The molecule has 7 heteroatoms. The van der Waals surface area contributed by atoms with Crippen molar-refractivity contribution in [2.24, 2.45) is 0 Å². The molecule has 1 amide bonds. The van der Waals surface area contributed by atoms with Gasteiger partial charge < -0.3 is 10.1 Å². The van der Waals surface area contributed by atoms with Crippen molar-refractivity contribution >= 4 is 41.0 Å². The Morgan fingerprint density at radius 1 is 1.15 bits per heavy atom. The molecule has 0 aromatic heterocycles. The van der Waals surface area contributed by atoms with Gasteiger partial charge in [-0.2, -0.15) is 0 Å². The lowest BCUT2D eigenvalue weighted by atomic mass is 10.0. The Balaban J connectivity index is 1.94. The third-order valence-electron chi connectivity index (χ3n) is 3.84. The lowest BCUT2D eigenvalue weighted by Crippen LogP contribution is -2.43. The van der Waals surface area contributed by atoms with Gasteiger partial charge in [-0.3, -0.25) is 9.59 Å². The van der Waals surface area contributed by atoms with Crippen LogP contribution in [0.5, 0.6) is 0 Å². The van der Waals surface area contributed by atoms with Crippen molar-refractivity contribution in [3.05, 3.63) is 64.7 Å². The molecule has 142 valence electrons. The smallest absolute Gasteiger partial charge is 0.340 e. The minimum atomic E-state index is -0.687. The molecule has 0 saturated heterocycles. The Labute approximate surface area is 167 Å². The van der Waals surface area contributed by atoms with Gasteiger partial charge in [0.15, 0.2) is 12.4 Å². The topological polar surface area (TPSA) is 72.5 Å². The summed E-state index contributed by atoms with van der Waals surface area (Å²) in [5.41, 5.74) is 1.12. The molecular formula is C20H20ClNO4S. The Bertz CT molecular complexity index is 826. The van der Waals surface area contributed by atoms with Crippen molar-refractivity contribution in [2.75, 3.05) is 12.9 Å². The zero-order valence-corrected chi connectivity index (χ0v) is 16.6. The van der Waals surface area contributed by atoms with Crippen LogP contribution in [0.4, 0.5) is 0 Å². The molecule has 2 aromatic carbocycles. The number of hydrogen-bond donors (Lipinski definition) is 1. The minimum Gasteiger partial charge on any atom is -0.452 e. The first-order valence-corrected chi connectivity index (χ1v) is 9.85. The molecule has 0 unspecified atom stereocenters. The number of halogens is 1. The van der Waals surface area contributed by atoms with Crippen LogP contribution in [0.1, 0.15) is 22.8 Å². The maximum Gasteiger partial charge on any atom is 0.340 e. The van der Waals surface area contributed by atoms with Crippen LogP contribution in [-0.4, -0.2) is 36.6 Å². The average Bonchev–Trinajstić information content (AvgIpc) is 2.66. The number of rotatable bonds is 8. The lowest BCUT2D eigenvalue weighted by molar-refractivity contribution is -0.128. The molecule has 1 atom stereocenters. The van der Waals surface area contributed by atoms with Crippen LogP contribution in [0.25, 0.3) is 0 Å². The maximum absolute atomic E-state index is 12.2. The number of carbonyl (C=O) groups is 3. The molecule has 0 radical (unpaired) electrons. The van der Waals surface area contributed by atoms with Gasteiger partial charge in [-0.05, 0) is 43.4 Å². The summed E-state index contributed by atoms with van der Waals surface area (Å²) in [6, 6.07) is 13.7. The van der Waals surface area contributed by atoms with Gasteiger partial charge >= 0.3 is 5.97 Å². The molecule has 0 aliphatic heterocycles. The molecule has 0 heterocycles. The molecule has 0 bridgehead atoms. The fraction of sp³-hybridized carbons (Fsp3) is 0.250. The van der Waals surface area contributed by atoms with E-state index in [0.717, 1.165) is 10.5 Å². The van der Waals surface area contributed by atoms with E-state index in [2.05, 4.69) is 5.32 Å². The Morgan fingerprint density at radius 3 is 2.48 bits per heavy atom. The lowest BCUT2D eigenvalue weighted by Gasteiger charge is -2.16. The fourth-order valence-electron chi connectivity index (χ4n) is 2.38. The number of Topliss-reactive ketones (excluding diaryl/α,β-unsaturated/α-hetero) is 1. The largest absolute Gasteiger partial charge is 0.452 e. The Kier molecular flexibility index (Phi) is 7.88. The number of amides is 1. The van der Waals surface area contributed by atoms with Crippen LogP contribution >= 0.6 is 23.4 Å². The van der Waals surface area contributed by atoms with E-state index in [0.29, 0.717) is 6.42 Å². The van der Waals surface area contributed by atoms with Crippen LogP contribution in [0.15, 0.2) is 53.4 Å². The molecule has 0 spiro atoms. The maximum atomic E-state index is 12.2. The average molecular weight is 406 g/mol. The predicted octanol–water partition coefficient (Wildman–Crippen LogP) is 3.54. The predicted molar refractivity (Wildman–Crippen MR) is 106 cm³/mol. The zero-order chi connectivity index (χ0) is 19.8. The number of nitrogens with one attached hydrogen (secondary N) is 1. The van der Waals surface area contributed by atoms with E-state index in [1.165, 1.54) is 18.7 Å². The second-order valence-corrected chi connectivity index (χ2v) is 7.13. The SMILES string of the molecule is CSc1ccc(Cl)c(C(=O)OCC(=O)N[C@H](Cc2ccccc2)C(C)=O)c1. The van der Waals surface area contributed by atoms with Crippen molar-refractivity contribution in [1.82, 2.24) is 5.32 Å². The van der Waals surface area contributed by atoms with E-state index in [1.807, 2.05) is 36.6 Å². The van der Waals surface area contributed by atoms with Crippen LogP contribution in [0, 0.1) is 0 Å². The van der Waals surface area contributed by atoms with Crippen molar-refractivity contribution < 1.29 is 19.1 Å². The van der Waals surface area contributed by atoms with Crippen molar-refractivity contribution in [1.29, 1.82) is 0 Å². The van der Waals surface area contributed by atoms with Crippen LogP contribution in [-0.2, 0) is 20.7 Å². The molecule has 0 aliphatic carbocycles. The summed E-state index contributed by atoms with van der Waals surface area (Å²) in [4.78, 5) is 37.0. The molecule has 0 fully saturated rings. The van der Waals surface area contributed by atoms with E-state index in [4.69, 9.17) is 16.3 Å². The number of esters is 1. The number of hydrogen-bond acceptors (Lipinski definition) is 5. The van der Waals surface area contributed by atoms with Gasteiger partial charge in [0, 0.05) is 4.90 Å². The molecule has 5 nitrogen and oxygen atoms in total. The van der Waals surface area contributed by atoms with Crippen molar-refractivity contribution in [3.8, 4) is 0 Å². The summed E-state index contributed by atoms with van der Waals surface area (Å²) in [7, 11) is 0. The summed E-state index contributed by atoms with van der Waals surface area (Å²) in [5, 5.41) is 2.86. The number of thioether (sulfide) groups is 1. The Morgan fingerprint density at radius 2 is 1.85 bits per heavy atom. The van der Waals surface area contributed by atoms with Crippen molar-refractivity contribution in [3.63, 3.8) is 0 Å². The van der Waals surface area contributed by atoms with E-state index in [-0.39, 0.29) is 16.4 Å². The monoisotopic (exact) mass is 405 g/mol. The third-order valence-corrected chi connectivity index (χ3v) is 4.89. The number of benzene rings is 2. The molecule has 0 saturated carbocycles. The zero-order valence-electron chi connectivity index (χ0n) is 15.0. The standard InChI is InChI=1S/C20H20ClNO4S/c1-13(23)18(10-14-6-4-3-5-7-14)22-19(24)12-26-20(25)16-11-15(27-2)8-9-17(16)21/h3-9,11,18H,10,12H2,1-2H3,(H,22,24)/t18-/m1/s1. The molecule has 2 rings (SSSR count). The number of ketones is 1. The summed E-state index contributed by atoms with van der Waals surface area (Å²) in [6.07, 6.45) is 2.25. The van der Waals surface area contributed by atoms with Gasteiger partial charge in [-0.15, -0.1) is 11.8 Å². The third kappa shape index (κ3) is 6.41. The van der Waals surface area contributed by atoms with Crippen LogP contribution in [0.2, 0.25) is 5.02 Å². The quantitative estimate of drug-likeness (QED) is 0.537. The second-order valence-electron chi connectivity index (χ2n) is 5.84. The highest BCUT2D eigenvalue weighted by Gasteiger charge is 2.19. The first-order chi connectivity index (χ1) is 12.9. The van der Waals surface area contributed by atoms with Gasteiger partial charge in [-0.1, -0.05) is 41.9 Å². The highest BCUT2D eigenvalue weighted by molar-refractivity contribution is 7.98.